The third-order valence-corrected chi connectivity index (χ3v) is 3.87. The lowest BCUT2D eigenvalue weighted by Crippen LogP contribution is -2.48. The fourth-order valence-electron chi connectivity index (χ4n) is 3.04. The minimum Gasteiger partial charge on any atom is -0.381 e. The first kappa shape index (κ1) is 15.9. The van der Waals surface area contributed by atoms with Gasteiger partial charge in [0.1, 0.15) is 0 Å². The van der Waals surface area contributed by atoms with E-state index >= 15 is 0 Å². The van der Waals surface area contributed by atoms with E-state index in [1.54, 1.807) is 0 Å². The van der Waals surface area contributed by atoms with Crippen LogP contribution in [0.3, 0.4) is 0 Å². The third-order valence-electron chi connectivity index (χ3n) is 3.87. The summed E-state index contributed by atoms with van der Waals surface area (Å²) >= 11 is 0. The molecule has 1 saturated heterocycles. The van der Waals surface area contributed by atoms with Gasteiger partial charge in [-0.05, 0) is 37.1 Å². The van der Waals surface area contributed by atoms with Crippen molar-refractivity contribution in [3.63, 3.8) is 0 Å². The maximum atomic E-state index is 5.78. The molecule has 18 heavy (non-hydrogen) atoms. The number of hydrogen-bond donors (Lipinski definition) is 1. The normalized spacial score (nSPS) is 21.8. The number of nitrogens with one attached hydrogen (secondary N) is 1. The Bertz CT molecular complexity index is 219. The highest BCUT2D eigenvalue weighted by Crippen LogP contribution is 2.29. The second-order valence-electron chi connectivity index (χ2n) is 6.48. The van der Waals surface area contributed by atoms with E-state index in [1.807, 2.05) is 7.11 Å². The zero-order valence-corrected chi connectivity index (χ0v) is 12.8. The maximum Gasteiger partial charge on any atom is 0.0772 e. The first-order chi connectivity index (χ1) is 8.49. The molecule has 0 aliphatic carbocycles. The first-order valence-corrected chi connectivity index (χ1v) is 7.33. The van der Waals surface area contributed by atoms with Gasteiger partial charge >= 0.3 is 0 Å². The standard InChI is InChI=1S/C15H31NO2/c1-6-16-13(14(17-5)15(2,3)4)11-12-7-9-18-10-8-12/h12-14,16H,6-11H2,1-5H3. The molecule has 3 heteroatoms. The van der Waals surface area contributed by atoms with E-state index < -0.39 is 0 Å². The van der Waals surface area contributed by atoms with E-state index in [1.165, 1.54) is 19.3 Å². The minimum atomic E-state index is 0.173. The second-order valence-corrected chi connectivity index (χ2v) is 6.48. The van der Waals surface area contributed by atoms with Gasteiger partial charge < -0.3 is 14.8 Å². The molecule has 1 aliphatic rings. The fourth-order valence-corrected chi connectivity index (χ4v) is 3.04. The number of likely N-dealkylation sites (N-methyl/N-ethyl adjacent to an activating group) is 1. The smallest absolute Gasteiger partial charge is 0.0772 e. The fraction of sp³-hybridized carbons (Fsp3) is 1.00. The van der Waals surface area contributed by atoms with Crippen LogP contribution >= 0.6 is 0 Å². The van der Waals surface area contributed by atoms with E-state index in [0.29, 0.717) is 6.04 Å². The van der Waals surface area contributed by atoms with Gasteiger partial charge in [0.15, 0.2) is 0 Å². The summed E-state index contributed by atoms with van der Waals surface area (Å²) in [5, 5.41) is 3.62. The Hall–Kier alpha value is -0.120. The zero-order valence-electron chi connectivity index (χ0n) is 12.8. The molecule has 0 radical (unpaired) electrons. The van der Waals surface area contributed by atoms with E-state index in [0.717, 1.165) is 25.7 Å². The van der Waals surface area contributed by atoms with Crippen molar-refractivity contribution in [3.8, 4) is 0 Å². The SMILES string of the molecule is CCNC(CC1CCOCC1)C(OC)C(C)(C)C. The number of ether oxygens (including phenoxy) is 2. The molecule has 0 aromatic rings. The van der Waals surface area contributed by atoms with Gasteiger partial charge in [-0.15, -0.1) is 0 Å². The van der Waals surface area contributed by atoms with Crippen molar-refractivity contribution in [2.24, 2.45) is 11.3 Å². The Morgan fingerprint density at radius 1 is 1.28 bits per heavy atom. The summed E-state index contributed by atoms with van der Waals surface area (Å²) in [6, 6.07) is 0.447. The molecular formula is C15H31NO2. The van der Waals surface area contributed by atoms with Crippen LogP contribution in [0.1, 0.15) is 47.0 Å². The molecule has 1 aliphatic heterocycles. The highest BCUT2D eigenvalue weighted by atomic mass is 16.5. The van der Waals surface area contributed by atoms with Crippen LogP contribution in [0, 0.1) is 11.3 Å². The summed E-state index contributed by atoms with van der Waals surface area (Å²) in [5.41, 5.74) is 0.173. The van der Waals surface area contributed by atoms with Crippen molar-refractivity contribution in [3.05, 3.63) is 0 Å². The van der Waals surface area contributed by atoms with E-state index in [-0.39, 0.29) is 11.5 Å². The van der Waals surface area contributed by atoms with E-state index in [2.05, 4.69) is 33.0 Å². The molecular weight excluding hydrogens is 226 g/mol. The Morgan fingerprint density at radius 2 is 1.89 bits per heavy atom. The lowest BCUT2D eigenvalue weighted by molar-refractivity contribution is -0.0230. The maximum absolute atomic E-state index is 5.78. The number of rotatable bonds is 6. The number of methoxy groups -OCH3 is 1. The summed E-state index contributed by atoms with van der Waals surface area (Å²) in [5.74, 6) is 0.780. The molecule has 0 spiro atoms. The van der Waals surface area contributed by atoms with Crippen LogP contribution in [-0.4, -0.2) is 39.0 Å². The molecule has 0 bridgehead atoms. The van der Waals surface area contributed by atoms with Crippen LogP contribution < -0.4 is 5.32 Å². The average Bonchev–Trinajstić information content (AvgIpc) is 2.29. The molecule has 0 aromatic carbocycles. The predicted octanol–water partition coefficient (Wildman–Crippen LogP) is 2.84. The van der Waals surface area contributed by atoms with Crippen LogP contribution in [0.4, 0.5) is 0 Å². The largest absolute Gasteiger partial charge is 0.381 e. The Kier molecular flexibility index (Phi) is 6.61. The van der Waals surface area contributed by atoms with E-state index in [4.69, 9.17) is 9.47 Å². The van der Waals surface area contributed by atoms with Gasteiger partial charge in [0.2, 0.25) is 0 Å². The molecule has 1 N–H and O–H groups in total. The average molecular weight is 257 g/mol. The monoisotopic (exact) mass is 257 g/mol. The van der Waals surface area contributed by atoms with Crippen LogP contribution in [0.25, 0.3) is 0 Å². The summed E-state index contributed by atoms with van der Waals surface area (Å²) < 4.78 is 11.2. The molecule has 108 valence electrons. The molecule has 3 nitrogen and oxygen atoms in total. The topological polar surface area (TPSA) is 30.5 Å². The van der Waals surface area contributed by atoms with Gasteiger partial charge in [-0.25, -0.2) is 0 Å². The van der Waals surface area contributed by atoms with Crippen molar-refractivity contribution in [1.82, 2.24) is 5.32 Å². The van der Waals surface area contributed by atoms with Gasteiger partial charge in [0.05, 0.1) is 6.10 Å². The second kappa shape index (κ2) is 7.46. The van der Waals surface area contributed by atoms with Gasteiger partial charge in [0.25, 0.3) is 0 Å². The summed E-state index contributed by atoms with van der Waals surface area (Å²) in [4.78, 5) is 0. The summed E-state index contributed by atoms with van der Waals surface area (Å²) in [6.07, 6.45) is 3.86. The van der Waals surface area contributed by atoms with Gasteiger partial charge in [0, 0.05) is 26.4 Å². The third kappa shape index (κ3) is 4.87. The van der Waals surface area contributed by atoms with Gasteiger partial charge in [-0.2, -0.15) is 0 Å². The van der Waals surface area contributed by atoms with Gasteiger partial charge in [-0.1, -0.05) is 27.7 Å². The molecule has 1 heterocycles. The Balaban J connectivity index is 2.61. The van der Waals surface area contributed by atoms with Crippen molar-refractivity contribution in [2.75, 3.05) is 26.9 Å². The zero-order chi connectivity index (χ0) is 13.6. The van der Waals surface area contributed by atoms with Crippen LogP contribution in [-0.2, 0) is 9.47 Å². The van der Waals surface area contributed by atoms with Crippen molar-refractivity contribution < 1.29 is 9.47 Å². The van der Waals surface area contributed by atoms with Crippen LogP contribution in [0.5, 0.6) is 0 Å². The minimum absolute atomic E-state index is 0.173. The molecule has 2 unspecified atom stereocenters. The summed E-state index contributed by atoms with van der Waals surface area (Å²) in [6.45, 7) is 11.8. The van der Waals surface area contributed by atoms with Crippen LogP contribution in [0.15, 0.2) is 0 Å². The van der Waals surface area contributed by atoms with Gasteiger partial charge in [-0.3, -0.25) is 0 Å². The molecule has 2 atom stereocenters. The first-order valence-electron chi connectivity index (χ1n) is 7.33. The Morgan fingerprint density at radius 3 is 2.33 bits per heavy atom. The van der Waals surface area contributed by atoms with E-state index in [9.17, 15) is 0 Å². The quantitative estimate of drug-likeness (QED) is 0.793. The molecule has 1 fully saturated rings. The lowest BCUT2D eigenvalue weighted by atomic mass is 9.80. The number of hydrogen-bond acceptors (Lipinski definition) is 3. The highest BCUT2D eigenvalue weighted by Gasteiger charge is 2.33. The molecule has 0 saturated carbocycles. The highest BCUT2D eigenvalue weighted by molar-refractivity contribution is 4.88. The molecule has 1 rings (SSSR count). The lowest BCUT2D eigenvalue weighted by Gasteiger charge is -2.38. The predicted molar refractivity (Wildman–Crippen MR) is 75.9 cm³/mol. The molecule has 0 amide bonds. The van der Waals surface area contributed by atoms with Crippen molar-refractivity contribution in [2.45, 2.75) is 59.1 Å². The summed E-state index contributed by atoms with van der Waals surface area (Å²) in [7, 11) is 1.84. The Labute approximate surface area is 113 Å². The molecule has 0 aromatic heterocycles. The van der Waals surface area contributed by atoms with Crippen molar-refractivity contribution in [1.29, 1.82) is 0 Å². The van der Waals surface area contributed by atoms with Crippen molar-refractivity contribution >= 4 is 0 Å². The van der Waals surface area contributed by atoms with Crippen LogP contribution in [0.2, 0.25) is 0 Å².